The number of nitrogens with two attached hydrogens (primary N) is 1. The van der Waals surface area contributed by atoms with Gasteiger partial charge < -0.3 is 19.9 Å². The van der Waals surface area contributed by atoms with E-state index in [1.807, 2.05) is 28.8 Å². The van der Waals surface area contributed by atoms with Crippen LogP contribution in [0.2, 0.25) is 0 Å². The van der Waals surface area contributed by atoms with E-state index >= 15 is 0 Å². The summed E-state index contributed by atoms with van der Waals surface area (Å²) in [5.41, 5.74) is 5.62. The maximum Gasteiger partial charge on any atom is 0.362 e. The molecular formula is C32H43N5O5. The Morgan fingerprint density at radius 1 is 0.929 bits per heavy atom. The second-order valence-corrected chi connectivity index (χ2v) is 12.7. The van der Waals surface area contributed by atoms with Crippen molar-refractivity contribution in [1.29, 1.82) is 0 Å². The molecule has 10 heteroatoms. The van der Waals surface area contributed by atoms with E-state index in [0.717, 1.165) is 43.0 Å². The highest BCUT2D eigenvalue weighted by atomic mass is 16.6. The molecule has 2 saturated carbocycles. The molecule has 3 heterocycles. The zero-order valence-corrected chi connectivity index (χ0v) is 24.6. The summed E-state index contributed by atoms with van der Waals surface area (Å²) in [6.45, 7) is 1.22. The molecule has 4 fully saturated rings. The molecule has 10 nitrogen and oxygen atoms in total. The van der Waals surface area contributed by atoms with Gasteiger partial charge in [-0.2, -0.15) is 0 Å². The summed E-state index contributed by atoms with van der Waals surface area (Å²) in [6, 6.07) is 9.02. The van der Waals surface area contributed by atoms with E-state index < -0.39 is 24.0 Å². The number of fused-ring (bicyclic) bond motifs is 5. The first kappa shape index (κ1) is 28.8. The highest BCUT2D eigenvalue weighted by Crippen LogP contribution is 2.47. The number of amides is 1. The Labute approximate surface area is 246 Å². The summed E-state index contributed by atoms with van der Waals surface area (Å²) in [7, 11) is 0. The number of hydrogen-bond acceptors (Lipinski definition) is 8. The number of oxime groups is 1. The highest BCUT2D eigenvalue weighted by molar-refractivity contribution is 6.42. The third-order valence-electron chi connectivity index (χ3n) is 10.00. The lowest BCUT2D eigenvalue weighted by atomic mass is 9.73. The van der Waals surface area contributed by atoms with Crippen LogP contribution in [0.1, 0.15) is 95.7 Å². The zero-order valence-electron chi connectivity index (χ0n) is 24.6. The molecule has 0 radical (unpaired) electrons. The number of rotatable bonds is 8. The number of hydrogen-bond donors (Lipinski definition) is 1. The van der Waals surface area contributed by atoms with Gasteiger partial charge in [0.05, 0.1) is 17.6 Å². The number of carbonyl (C=O) groups is 2. The number of primary amides is 1. The molecule has 2 saturated heterocycles. The molecule has 42 heavy (non-hydrogen) atoms. The first-order valence-corrected chi connectivity index (χ1v) is 15.9. The lowest BCUT2D eigenvalue weighted by Crippen LogP contribution is -2.58. The Morgan fingerprint density at radius 2 is 1.62 bits per heavy atom. The van der Waals surface area contributed by atoms with Crippen molar-refractivity contribution in [2.24, 2.45) is 22.7 Å². The monoisotopic (exact) mass is 577 g/mol. The van der Waals surface area contributed by atoms with Gasteiger partial charge in [-0.15, -0.1) is 0 Å². The molecule has 2 aromatic rings. The SMILES string of the molecule is CCOC(=O)C(=NOCC(N)=O)c1nc2ccccc2n(C2C[C@H]3CCC[C@@H](C2)N3C2CC3CCCCC(C3)C2)c1=O. The second kappa shape index (κ2) is 12.5. The van der Waals surface area contributed by atoms with Crippen molar-refractivity contribution in [3.8, 4) is 0 Å². The van der Waals surface area contributed by atoms with Crippen molar-refractivity contribution in [3.05, 3.63) is 40.3 Å². The summed E-state index contributed by atoms with van der Waals surface area (Å²) < 4.78 is 7.03. The maximum atomic E-state index is 14.3. The summed E-state index contributed by atoms with van der Waals surface area (Å²) >= 11 is 0. The van der Waals surface area contributed by atoms with E-state index in [1.54, 1.807) is 6.92 Å². The van der Waals surface area contributed by atoms with E-state index in [4.69, 9.17) is 15.3 Å². The number of nitrogens with zero attached hydrogens (tertiary/aromatic N) is 4. The molecular weight excluding hydrogens is 534 g/mol. The van der Waals surface area contributed by atoms with E-state index in [-0.39, 0.29) is 24.1 Å². The van der Waals surface area contributed by atoms with Crippen molar-refractivity contribution >= 4 is 28.6 Å². The minimum absolute atomic E-state index is 0.0310. The fourth-order valence-electron chi connectivity index (χ4n) is 8.51. The molecule has 226 valence electrons. The van der Waals surface area contributed by atoms with E-state index in [9.17, 15) is 14.4 Å². The number of piperidine rings is 2. The molecule has 5 atom stereocenters. The van der Waals surface area contributed by atoms with Gasteiger partial charge in [-0.05, 0) is 75.8 Å². The first-order valence-electron chi connectivity index (χ1n) is 15.9. The van der Waals surface area contributed by atoms with Crippen LogP contribution in [0.5, 0.6) is 0 Å². The Balaban J connectivity index is 1.35. The standard InChI is InChI=1S/C32H43N5O5/c1-2-41-32(40)30(35-42-19-28(33)38)29-31(39)37(27-13-6-5-12-26(27)34-29)25-17-22-10-7-11-23(18-25)36(22)24-15-20-8-3-4-9-21(14-20)16-24/h5-6,12-13,20-25H,2-4,7-11,14-19H2,1H3,(H2,33,38)/t20?,21?,22-,23+,24?,25?. The lowest BCUT2D eigenvalue weighted by molar-refractivity contribution is -0.135. The molecule has 1 aromatic carbocycles. The van der Waals surface area contributed by atoms with Gasteiger partial charge >= 0.3 is 5.97 Å². The van der Waals surface area contributed by atoms with Crippen LogP contribution in [-0.4, -0.2) is 63.4 Å². The maximum absolute atomic E-state index is 14.3. The largest absolute Gasteiger partial charge is 0.461 e. The van der Waals surface area contributed by atoms with Gasteiger partial charge in [0.15, 0.2) is 12.3 Å². The minimum atomic E-state index is -0.834. The Bertz CT molecular complexity index is 1380. The molecule has 4 aliphatic rings. The molecule has 2 aliphatic carbocycles. The lowest BCUT2D eigenvalue weighted by Gasteiger charge is -2.54. The van der Waals surface area contributed by atoms with Crippen LogP contribution in [0.25, 0.3) is 11.0 Å². The van der Waals surface area contributed by atoms with Gasteiger partial charge in [0.25, 0.3) is 11.5 Å². The van der Waals surface area contributed by atoms with Gasteiger partial charge in [-0.1, -0.05) is 49.4 Å². The summed E-state index contributed by atoms with van der Waals surface area (Å²) in [6.07, 6.45) is 14.9. The smallest absolute Gasteiger partial charge is 0.362 e. The number of ether oxygens (including phenoxy) is 1. The van der Waals surface area contributed by atoms with Crippen molar-refractivity contribution in [2.45, 2.75) is 108 Å². The number of esters is 1. The number of para-hydroxylation sites is 2. The molecule has 4 bridgehead atoms. The van der Waals surface area contributed by atoms with E-state index in [2.05, 4.69) is 15.0 Å². The quantitative estimate of drug-likeness (QED) is 0.284. The van der Waals surface area contributed by atoms with Crippen LogP contribution in [0.4, 0.5) is 0 Å². The average Bonchev–Trinajstić information content (AvgIpc) is 3.13. The molecule has 2 aliphatic heterocycles. The van der Waals surface area contributed by atoms with Crippen LogP contribution >= 0.6 is 0 Å². The molecule has 1 amide bonds. The zero-order chi connectivity index (χ0) is 29.2. The molecule has 2 N–H and O–H groups in total. The van der Waals surface area contributed by atoms with Crippen molar-refractivity contribution < 1.29 is 19.2 Å². The molecule has 0 spiro atoms. The molecule has 1 aromatic heterocycles. The molecule has 3 unspecified atom stereocenters. The van der Waals surface area contributed by atoms with Crippen molar-refractivity contribution in [2.75, 3.05) is 13.2 Å². The van der Waals surface area contributed by atoms with Crippen molar-refractivity contribution in [1.82, 2.24) is 14.5 Å². The van der Waals surface area contributed by atoms with Gasteiger partial charge in [-0.25, -0.2) is 9.78 Å². The third-order valence-corrected chi connectivity index (χ3v) is 10.00. The predicted octanol–water partition coefficient (Wildman–Crippen LogP) is 4.08. The third kappa shape index (κ3) is 5.82. The van der Waals surface area contributed by atoms with Crippen LogP contribution in [-0.2, 0) is 19.2 Å². The average molecular weight is 578 g/mol. The summed E-state index contributed by atoms with van der Waals surface area (Å²) in [4.78, 5) is 50.9. The number of benzene rings is 1. The Hall–Kier alpha value is -3.27. The van der Waals surface area contributed by atoms with E-state index in [1.165, 1.54) is 51.4 Å². The van der Waals surface area contributed by atoms with E-state index in [0.29, 0.717) is 23.6 Å². The topological polar surface area (TPSA) is 129 Å². The fourth-order valence-corrected chi connectivity index (χ4v) is 8.51. The van der Waals surface area contributed by atoms with Gasteiger partial charge in [0.2, 0.25) is 5.71 Å². The Morgan fingerprint density at radius 3 is 2.29 bits per heavy atom. The molecule has 6 rings (SSSR count). The first-order chi connectivity index (χ1) is 20.4. The van der Waals surface area contributed by atoms with Crippen LogP contribution in [0.3, 0.4) is 0 Å². The van der Waals surface area contributed by atoms with Crippen LogP contribution < -0.4 is 11.3 Å². The number of aromatic nitrogens is 2. The minimum Gasteiger partial charge on any atom is -0.461 e. The van der Waals surface area contributed by atoms with Gasteiger partial charge in [-0.3, -0.25) is 14.5 Å². The normalized spacial score (nSPS) is 30.0. The van der Waals surface area contributed by atoms with Gasteiger partial charge in [0, 0.05) is 24.2 Å². The van der Waals surface area contributed by atoms with Crippen LogP contribution in [0.15, 0.2) is 34.2 Å². The van der Waals surface area contributed by atoms with Crippen LogP contribution in [0, 0.1) is 11.8 Å². The summed E-state index contributed by atoms with van der Waals surface area (Å²) in [5, 5.41) is 3.83. The second-order valence-electron chi connectivity index (χ2n) is 12.7. The van der Waals surface area contributed by atoms with Crippen molar-refractivity contribution in [3.63, 3.8) is 0 Å². The highest BCUT2D eigenvalue weighted by Gasteiger charge is 2.45. The Kier molecular flexibility index (Phi) is 8.60. The van der Waals surface area contributed by atoms with Gasteiger partial charge in [0.1, 0.15) is 0 Å². The fraction of sp³-hybridized carbons (Fsp3) is 0.656. The number of carbonyl (C=O) groups excluding carboxylic acids is 2. The summed E-state index contributed by atoms with van der Waals surface area (Å²) in [5.74, 6) is 0.142. The predicted molar refractivity (Wildman–Crippen MR) is 159 cm³/mol.